The van der Waals surface area contributed by atoms with Gasteiger partial charge in [0, 0.05) is 68.7 Å². The van der Waals surface area contributed by atoms with Crippen molar-refractivity contribution in [3.63, 3.8) is 0 Å². The number of hydrogen-bond acceptors (Lipinski definition) is 6. The van der Waals surface area contributed by atoms with Crippen LogP contribution in [0.25, 0.3) is 22.0 Å². The van der Waals surface area contributed by atoms with Crippen LogP contribution in [0.5, 0.6) is 0 Å². The largest absolute Gasteiger partial charge is 0.368 e. The number of hydrogen-bond donors (Lipinski definition) is 2. The molecule has 1 atom stereocenters. The van der Waals surface area contributed by atoms with E-state index in [1.54, 1.807) is 20.2 Å². The summed E-state index contributed by atoms with van der Waals surface area (Å²) in [5.41, 5.74) is 5.31. The van der Waals surface area contributed by atoms with Crippen LogP contribution in [0.15, 0.2) is 72.9 Å². The van der Waals surface area contributed by atoms with Crippen molar-refractivity contribution < 1.29 is 13.6 Å². The fourth-order valence-electron chi connectivity index (χ4n) is 4.48. The number of nitrogens with zero attached hydrogens (tertiary/aromatic N) is 5. The van der Waals surface area contributed by atoms with E-state index in [1.165, 1.54) is 4.31 Å². The average Bonchev–Trinajstić information content (AvgIpc) is 2.92. The maximum atomic E-state index is 11.6. The molecule has 0 aliphatic carbocycles. The molecule has 2 heterocycles. The number of benzene rings is 3. The number of carbonyl (C=O) groups is 1. The van der Waals surface area contributed by atoms with E-state index < -0.39 is 11.3 Å². The van der Waals surface area contributed by atoms with E-state index in [-0.39, 0.29) is 5.91 Å². The summed E-state index contributed by atoms with van der Waals surface area (Å²) in [6.45, 7) is 4.64. The number of anilines is 4. The van der Waals surface area contributed by atoms with E-state index >= 15 is 0 Å². The smallest absolute Gasteiger partial charge is 0.261 e. The second-order valence-electron chi connectivity index (χ2n) is 8.88. The minimum atomic E-state index is -2.08. The quantitative estimate of drug-likeness (QED) is 0.369. The van der Waals surface area contributed by atoms with Crippen LogP contribution in [0.3, 0.4) is 0 Å². The molecule has 0 radical (unpaired) electrons. The van der Waals surface area contributed by atoms with Crippen LogP contribution in [0, 0.1) is 0 Å². The molecule has 1 unspecified atom stereocenters. The lowest BCUT2D eigenvalue weighted by Gasteiger charge is -2.35. The van der Waals surface area contributed by atoms with E-state index in [9.17, 15) is 13.6 Å². The molecule has 1 amide bonds. The van der Waals surface area contributed by atoms with Gasteiger partial charge in [-0.15, -0.1) is 0 Å². The highest BCUT2D eigenvalue weighted by atomic mass is 32.2. The van der Waals surface area contributed by atoms with Gasteiger partial charge in [0.05, 0.1) is 11.2 Å². The fraction of sp³-hybridized carbons (Fsp3) is 0.222. The average molecular weight is 517 g/mol. The molecule has 190 valence electrons. The number of rotatable bonds is 6. The maximum Gasteiger partial charge on any atom is 0.261 e. The lowest BCUT2D eigenvalue weighted by Crippen LogP contribution is -2.48. The van der Waals surface area contributed by atoms with Gasteiger partial charge in [-0.2, -0.15) is 0 Å². The lowest BCUT2D eigenvalue weighted by molar-refractivity contribution is -0.129. The van der Waals surface area contributed by atoms with Crippen molar-refractivity contribution >= 4 is 51.1 Å². The monoisotopic (exact) mass is 516 g/mol. The van der Waals surface area contributed by atoms with Crippen LogP contribution in [-0.4, -0.2) is 62.8 Å². The first-order chi connectivity index (χ1) is 17.9. The molecule has 5 rings (SSSR count). The third kappa shape index (κ3) is 5.40. The molecule has 1 aromatic heterocycles. The van der Waals surface area contributed by atoms with Gasteiger partial charge in [0.2, 0.25) is 11.9 Å². The summed E-state index contributed by atoms with van der Waals surface area (Å²) in [7, 11) is 1.56. The number of fused-ring (bicyclic) bond motifs is 1. The highest BCUT2D eigenvalue weighted by molar-refractivity contribution is 7.80. The van der Waals surface area contributed by atoms with Crippen molar-refractivity contribution in [3.8, 4) is 11.1 Å². The molecule has 1 fully saturated rings. The summed E-state index contributed by atoms with van der Waals surface area (Å²) in [6.07, 6.45) is 1.80. The second kappa shape index (κ2) is 10.5. The van der Waals surface area contributed by atoms with Gasteiger partial charge in [-0.3, -0.25) is 13.7 Å². The standard InChI is InChI=1S/C27H28N6O3S/c1-19(34)32-13-15-33(16-14-32)24-7-4-6-22(17-24)29-27-28-18-21-5-3-8-25(26(21)30-27)20-9-11-23(12-10-20)31(2)37(35)36/h3-12,17-18H,13-16H2,1-2H3,(H,35,36)(H,28,29,30). The van der Waals surface area contributed by atoms with Crippen molar-refractivity contribution in [2.24, 2.45) is 0 Å². The molecule has 1 saturated heterocycles. The topological polar surface area (TPSA) is 102 Å². The summed E-state index contributed by atoms with van der Waals surface area (Å²) in [6, 6.07) is 21.5. The Labute approximate surface area is 218 Å². The molecule has 0 bridgehead atoms. The Bertz CT molecular complexity index is 1450. The molecule has 4 aromatic rings. The summed E-state index contributed by atoms with van der Waals surface area (Å²) in [5.74, 6) is 0.610. The summed E-state index contributed by atoms with van der Waals surface area (Å²) in [4.78, 5) is 25.1. The molecule has 37 heavy (non-hydrogen) atoms. The third-order valence-corrected chi connectivity index (χ3v) is 7.26. The van der Waals surface area contributed by atoms with Gasteiger partial charge in [-0.25, -0.2) is 14.2 Å². The van der Waals surface area contributed by atoms with Crippen LogP contribution in [0.2, 0.25) is 0 Å². The number of aromatic nitrogens is 2. The molecule has 10 heteroatoms. The normalized spacial score (nSPS) is 14.5. The summed E-state index contributed by atoms with van der Waals surface area (Å²) < 4.78 is 22.0. The van der Waals surface area contributed by atoms with Gasteiger partial charge in [0.15, 0.2) is 0 Å². The Morgan fingerprint density at radius 2 is 1.76 bits per heavy atom. The molecular weight excluding hydrogens is 488 g/mol. The first kappa shape index (κ1) is 24.7. The Morgan fingerprint density at radius 3 is 2.46 bits per heavy atom. The Morgan fingerprint density at radius 1 is 1.03 bits per heavy atom. The molecule has 1 aliphatic heterocycles. The highest BCUT2D eigenvalue weighted by Gasteiger charge is 2.19. The zero-order chi connectivity index (χ0) is 25.9. The predicted molar refractivity (Wildman–Crippen MR) is 148 cm³/mol. The fourth-order valence-corrected chi connectivity index (χ4v) is 4.78. The van der Waals surface area contributed by atoms with E-state index in [1.807, 2.05) is 59.5 Å². The first-order valence-corrected chi connectivity index (χ1v) is 13.0. The minimum absolute atomic E-state index is 0.118. The van der Waals surface area contributed by atoms with E-state index in [0.717, 1.165) is 59.6 Å². The summed E-state index contributed by atoms with van der Waals surface area (Å²) in [5, 5.41) is 4.25. The number of amides is 1. The number of carbonyl (C=O) groups excluding carboxylic acids is 1. The van der Waals surface area contributed by atoms with Crippen LogP contribution < -0.4 is 14.5 Å². The number of nitrogens with one attached hydrogen (secondary N) is 1. The van der Waals surface area contributed by atoms with Gasteiger partial charge in [0.1, 0.15) is 0 Å². The van der Waals surface area contributed by atoms with E-state index in [2.05, 4.69) is 27.3 Å². The van der Waals surface area contributed by atoms with Crippen molar-refractivity contribution in [1.29, 1.82) is 0 Å². The predicted octanol–water partition coefficient (Wildman–Crippen LogP) is 4.28. The van der Waals surface area contributed by atoms with Crippen LogP contribution in [-0.2, 0) is 16.1 Å². The Kier molecular flexibility index (Phi) is 7.02. The van der Waals surface area contributed by atoms with Crippen molar-refractivity contribution in [3.05, 3.63) is 72.9 Å². The zero-order valence-electron chi connectivity index (χ0n) is 20.7. The summed E-state index contributed by atoms with van der Waals surface area (Å²) >= 11 is -2.08. The molecule has 3 aromatic carbocycles. The first-order valence-electron chi connectivity index (χ1n) is 12.0. The molecule has 0 spiro atoms. The number of piperazine rings is 1. The Balaban J connectivity index is 1.38. The minimum Gasteiger partial charge on any atom is -0.368 e. The SMILES string of the molecule is CC(=O)N1CCN(c2cccc(Nc3ncc4cccc(-c5ccc(N(C)S(=O)O)cc5)c4n3)c2)CC1. The molecule has 1 aliphatic rings. The van der Waals surface area contributed by atoms with Crippen LogP contribution >= 0.6 is 0 Å². The second-order valence-corrected chi connectivity index (χ2v) is 9.89. The van der Waals surface area contributed by atoms with Crippen molar-refractivity contribution in [2.75, 3.05) is 47.7 Å². The number of para-hydroxylation sites is 1. The Hall–Kier alpha value is -4.02. The molecular formula is C27H28N6O3S. The third-order valence-electron chi connectivity index (χ3n) is 6.58. The highest BCUT2D eigenvalue weighted by Crippen LogP contribution is 2.30. The molecule has 0 saturated carbocycles. The van der Waals surface area contributed by atoms with Gasteiger partial charge in [0.25, 0.3) is 11.3 Å². The van der Waals surface area contributed by atoms with Gasteiger partial charge in [-0.1, -0.05) is 36.4 Å². The van der Waals surface area contributed by atoms with E-state index in [0.29, 0.717) is 11.6 Å². The van der Waals surface area contributed by atoms with Crippen molar-refractivity contribution in [2.45, 2.75) is 6.92 Å². The maximum absolute atomic E-state index is 11.6. The molecule has 9 nitrogen and oxygen atoms in total. The van der Waals surface area contributed by atoms with Gasteiger partial charge in [-0.05, 0) is 35.9 Å². The molecule has 2 N–H and O–H groups in total. The lowest BCUT2D eigenvalue weighted by atomic mass is 10.0. The van der Waals surface area contributed by atoms with Crippen LogP contribution in [0.4, 0.5) is 23.0 Å². The van der Waals surface area contributed by atoms with Gasteiger partial charge < -0.3 is 15.1 Å². The van der Waals surface area contributed by atoms with Crippen LogP contribution in [0.1, 0.15) is 6.92 Å². The van der Waals surface area contributed by atoms with Crippen molar-refractivity contribution in [1.82, 2.24) is 14.9 Å². The van der Waals surface area contributed by atoms with Gasteiger partial charge >= 0.3 is 0 Å². The van der Waals surface area contributed by atoms with E-state index in [4.69, 9.17) is 4.98 Å². The zero-order valence-corrected chi connectivity index (χ0v) is 21.5.